The Morgan fingerprint density at radius 2 is 2.06 bits per heavy atom. The number of nitriles is 1. The number of nitrogen functional groups attached to an aromatic ring is 1. The highest BCUT2D eigenvalue weighted by Gasteiger charge is 2.65. The van der Waals surface area contributed by atoms with Gasteiger partial charge in [-0.3, -0.25) is 0 Å². The second-order valence-electron chi connectivity index (χ2n) is 5.93. The molecule has 1 aromatic rings. The molecule has 1 aromatic heterocycles. The standard InChI is InChI=1S/C14H16N4/c15-5-9-4-10(16)6-17-14(9)18-13-11-7-1-2-8(3-7)12(11)13/h4,6-8,11-13H,1-3,16H2,(H,17,18). The number of nitrogens with two attached hydrogens (primary N) is 1. The second kappa shape index (κ2) is 3.38. The zero-order valence-corrected chi connectivity index (χ0v) is 10.1. The highest BCUT2D eigenvalue weighted by Crippen LogP contribution is 2.66. The van der Waals surface area contributed by atoms with Crippen LogP contribution in [0, 0.1) is 35.0 Å². The molecule has 18 heavy (non-hydrogen) atoms. The van der Waals surface area contributed by atoms with E-state index in [4.69, 9.17) is 11.0 Å². The molecule has 2 bridgehead atoms. The minimum absolute atomic E-state index is 0.549. The Balaban J connectivity index is 1.56. The molecule has 1 heterocycles. The van der Waals surface area contributed by atoms with Crippen LogP contribution in [0.2, 0.25) is 0 Å². The Kier molecular flexibility index (Phi) is 1.91. The van der Waals surface area contributed by atoms with Gasteiger partial charge in [-0.15, -0.1) is 0 Å². The maximum Gasteiger partial charge on any atom is 0.144 e. The number of fused-ring (bicyclic) bond motifs is 5. The average Bonchev–Trinajstić information content (AvgIpc) is 2.78. The van der Waals surface area contributed by atoms with E-state index in [0.29, 0.717) is 23.1 Å². The van der Waals surface area contributed by atoms with E-state index < -0.39 is 0 Å². The number of anilines is 2. The van der Waals surface area contributed by atoms with E-state index >= 15 is 0 Å². The molecule has 3 saturated carbocycles. The molecule has 4 heteroatoms. The predicted molar refractivity (Wildman–Crippen MR) is 68.6 cm³/mol. The maximum atomic E-state index is 9.11. The Labute approximate surface area is 106 Å². The first-order chi connectivity index (χ1) is 8.78. The van der Waals surface area contributed by atoms with Gasteiger partial charge in [-0.2, -0.15) is 5.26 Å². The van der Waals surface area contributed by atoms with Crippen molar-refractivity contribution in [2.45, 2.75) is 25.3 Å². The summed E-state index contributed by atoms with van der Waals surface area (Å²) < 4.78 is 0. The summed E-state index contributed by atoms with van der Waals surface area (Å²) in [4.78, 5) is 4.27. The third kappa shape index (κ3) is 1.28. The van der Waals surface area contributed by atoms with Crippen LogP contribution in [0.1, 0.15) is 24.8 Å². The van der Waals surface area contributed by atoms with Gasteiger partial charge in [0.25, 0.3) is 0 Å². The van der Waals surface area contributed by atoms with Crippen LogP contribution in [0.3, 0.4) is 0 Å². The van der Waals surface area contributed by atoms with Gasteiger partial charge in [0.15, 0.2) is 0 Å². The molecule has 3 aliphatic rings. The van der Waals surface area contributed by atoms with Crippen molar-refractivity contribution >= 4 is 11.5 Å². The molecular weight excluding hydrogens is 224 g/mol. The number of hydrogen-bond donors (Lipinski definition) is 2. The van der Waals surface area contributed by atoms with Crippen LogP contribution in [0.15, 0.2) is 12.3 Å². The van der Waals surface area contributed by atoms with E-state index in [1.807, 2.05) is 0 Å². The highest BCUT2D eigenvalue weighted by atomic mass is 15.1. The Morgan fingerprint density at radius 3 is 2.72 bits per heavy atom. The first-order valence-electron chi connectivity index (χ1n) is 6.70. The highest BCUT2D eigenvalue weighted by molar-refractivity contribution is 5.58. The molecule has 3 aliphatic carbocycles. The fraction of sp³-hybridized carbons (Fsp3) is 0.571. The molecule has 0 saturated heterocycles. The Morgan fingerprint density at radius 1 is 1.33 bits per heavy atom. The van der Waals surface area contributed by atoms with Gasteiger partial charge in [0.05, 0.1) is 17.4 Å². The molecule has 4 rings (SSSR count). The third-order valence-electron chi connectivity index (χ3n) is 5.07. The molecule has 0 aliphatic heterocycles. The van der Waals surface area contributed by atoms with Crippen molar-refractivity contribution in [2.75, 3.05) is 11.1 Å². The first kappa shape index (κ1) is 10.2. The summed E-state index contributed by atoms with van der Waals surface area (Å²) >= 11 is 0. The minimum atomic E-state index is 0.549. The maximum absolute atomic E-state index is 9.11. The molecule has 3 N–H and O–H groups in total. The molecule has 3 fully saturated rings. The fourth-order valence-corrected chi connectivity index (χ4v) is 4.36. The monoisotopic (exact) mass is 240 g/mol. The normalized spacial score (nSPS) is 39.2. The van der Waals surface area contributed by atoms with Crippen LogP contribution in [0.25, 0.3) is 0 Å². The molecule has 0 radical (unpaired) electrons. The van der Waals surface area contributed by atoms with Crippen LogP contribution >= 0.6 is 0 Å². The van der Waals surface area contributed by atoms with Gasteiger partial charge >= 0.3 is 0 Å². The summed E-state index contributed by atoms with van der Waals surface area (Å²) in [6, 6.07) is 4.42. The van der Waals surface area contributed by atoms with Crippen LogP contribution < -0.4 is 11.1 Å². The largest absolute Gasteiger partial charge is 0.397 e. The summed E-state index contributed by atoms with van der Waals surface area (Å²) in [5.74, 6) is 4.25. The summed E-state index contributed by atoms with van der Waals surface area (Å²) in [5.41, 5.74) is 6.77. The first-order valence-corrected chi connectivity index (χ1v) is 6.70. The minimum Gasteiger partial charge on any atom is -0.397 e. The van der Waals surface area contributed by atoms with Crippen molar-refractivity contribution in [3.63, 3.8) is 0 Å². The number of nitrogens with one attached hydrogen (secondary N) is 1. The van der Waals surface area contributed by atoms with E-state index in [1.165, 1.54) is 19.3 Å². The van der Waals surface area contributed by atoms with Gasteiger partial charge in [0, 0.05) is 6.04 Å². The third-order valence-corrected chi connectivity index (χ3v) is 5.07. The van der Waals surface area contributed by atoms with Gasteiger partial charge in [0.2, 0.25) is 0 Å². The zero-order chi connectivity index (χ0) is 12.3. The van der Waals surface area contributed by atoms with Crippen LogP contribution in [0.4, 0.5) is 11.5 Å². The lowest BCUT2D eigenvalue weighted by Gasteiger charge is -2.12. The van der Waals surface area contributed by atoms with Gasteiger partial charge in [-0.05, 0) is 49.0 Å². The number of nitrogens with zero attached hydrogens (tertiary/aromatic N) is 2. The Hall–Kier alpha value is -1.76. The van der Waals surface area contributed by atoms with E-state index in [0.717, 1.165) is 23.7 Å². The van der Waals surface area contributed by atoms with Crippen molar-refractivity contribution in [2.24, 2.45) is 23.7 Å². The van der Waals surface area contributed by atoms with Crippen molar-refractivity contribution in [1.29, 1.82) is 5.26 Å². The lowest BCUT2D eigenvalue weighted by atomic mass is 10.0. The molecular formula is C14H16N4. The van der Waals surface area contributed by atoms with Crippen molar-refractivity contribution in [3.8, 4) is 6.07 Å². The fourth-order valence-electron chi connectivity index (χ4n) is 4.36. The van der Waals surface area contributed by atoms with Gasteiger partial charge in [-0.25, -0.2) is 4.98 Å². The van der Waals surface area contributed by atoms with E-state index in [9.17, 15) is 0 Å². The molecule has 4 atom stereocenters. The van der Waals surface area contributed by atoms with Crippen molar-refractivity contribution in [3.05, 3.63) is 17.8 Å². The molecule has 92 valence electrons. The SMILES string of the molecule is N#Cc1cc(N)cnc1NC1C2C3CCC(C3)C12. The van der Waals surface area contributed by atoms with Crippen LogP contribution in [-0.4, -0.2) is 11.0 Å². The van der Waals surface area contributed by atoms with E-state index in [-0.39, 0.29) is 0 Å². The average molecular weight is 240 g/mol. The zero-order valence-electron chi connectivity index (χ0n) is 10.1. The summed E-state index contributed by atoms with van der Waals surface area (Å²) in [5, 5.41) is 12.6. The summed E-state index contributed by atoms with van der Waals surface area (Å²) in [6.07, 6.45) is 5.87. The number of aromatic nitrogens is 1. The quantitative estimate of drug-likeness (QED) is 0.829. The summed E-state index contributed by atoms with van der Waals surface area (Å²) in [6.45, 7) is 0. The van der Waals surface area contributed by atoms with Crippen molar-refractivity contribution in [1.82, 2.24) is 4.98 Å². The molecule has 0 spiro atoms. The number of hydrogen-bond acceptors (Lipinski definition) is 4. The van der Waals surface area contributed by atoms with E-state index in [1.54, 1.807) is 12.3 Å². The van der Waals surface area contributed by atoms with Gasteiger partial charge < -0.3 is 11.1 Å². The smallest absolute Gasteiger partial charge is 0.144 e. The number of pyridine rings is 1. The van der Waals surface area contributed by atoms with Gasteiger partial charge in [0.1, 0.15) is 11.9 Å². The van der Waals surface area contributed by atoms with Crippen molar-refractivity contribution < 1.29 is 0 Å². The molecule has 0 aromatic carbocycles. The second-order valence-corrected chi connectivity index (χ2v) is 5.93. The van der Waals surface area contributed by atoms with Crippen LogP contribution in [0.5, 0.6) is 0 Å². The van der Waals surface area contributed by atoms with Crippen LogP contribution in [-0.2, 0) is 0 Å². The summed E-state index contributed by atoms with van der Waals surface area (Å²) in [7, 11) is 0. The van der Waals surface area contributed by atoms with E-state index in [2.05, 4.69) is 16.4 Å². The lowest BCUT2D eigenvalue weighted by Crippen LogP contribution is -2.14. The Bertz CT molecular complexity index is 531. The molecule has 4 unspecified atom stereocenters. The molecule has 4 nitrogen and oxygen atoms in total. The lowest BCUT2D eigenvalue weighted by molar-refractivity contribution is 0.456. The molecule has 0 amide bonds. The topological polar surface area (TPSA) is 74.7 Å². The number of rotatable bonds is 2. The predicted octanol–water partition coefficient (Wildman–Crippen LogP) is 1.99. The van der Waals surface area contributed by atoms with Gasteiger partial charge in [-0.1, -0.05) is 0 Å².